The first kappa shape index (κ1) is 16.0. The number of sulfonamides is 1. The third kappa shape index (κ3) is 3.84. The molecule has 0 aromatic heterocycles. The second kappa shape index (κ2) is 6.17. The lowest BCUT2D eigenvalue weighted by Gasteiger charge is -2.09. The smallest absolute Gasteiger partial charge is 0.207 e. The van der Waals surface area contributed by atoms with Gasteiger partial charge in [0.15, 0.2) is 0 Å². The van der Waals surface area contributed by atoms with Crippen LogP contribution in [0.15, 0.2) is 45.8 Å². The third-order valence-corrected chi connectivity index (χ3v) is 5.02. The summed E-state index contributed by atoms with van der Waals surface area (Å²) in [7, 11) is -3.99. The van der Waals surface area contributed by atoms with Gasteiger partial charge in [0, 0.05) is 16.6 Å². The maximum absolute atomic E-state index is 13.4. The fraction of sp³-hybridized carbons (Fsp3) is 0.0769. The minimum Gasteiger partial charge on any atom is -0.207 e. The largest absolute Gasteiger partial charge is 0.241 e. The number of hydrogen-bond acceptors (Lipinski definition) is 2. The molecule has 0 aliphatic carbocycles. The van der Waals surface area contributed by atoms with E-state index >= 15 is 0 Å². The van der Waals surface area contributed by atoms with Crippen molar-refractivity contribution in [3.63, 3.8) is 0 Å². The zero-order valence-corrected chi connectivity index (χ0v) is 12.8. The molecule has 0 spiro atoms. The van der Waals surface area contributed by atoms with E-state index in [0.29, 0.717) is 0 Å². The quantitative estimate of drug-likeness (QED) is 0.885. The molecular weight excluding hydrogens is 371 g/mol. The SMILES string of the molecule is O=S(=O)(NCc1cc(F)ccc1F)c1ccc(F)cc1Br. The van der Waals surface area contributed by atoms with E-state index in [2.05, 4.69) is 20.7 Å². The fourth-order valence-electron chi connectivity index (χ4n) is 1.62. The van der Waals surface area contributed by atoms with E-state index in [-0.39, 0.29) is 14.9 Å². The first-order valence-electron chi connectivity index (χ1n) is 5.68. The summed E-state index contributed by atoms with van der Waals surface area (Å²) >= 11 is 2.94. The van der Waals surface area contributed by atoms with Crippen molar-refractivity contribution in [2.45, 2.75) is 11.4 Å². The molecule has 0 saturated heterocycles. The zero-order chi connectivity index (χ0) is 15.6. The van der Waals surface area contributed by atoms with Crippen LogP contribution in [0.2, 0.25) is 0 Å². The van der Waals surface area contributed by atoms with Crippen molar-refractivity contribution in [3.8, 4) is 0 Å². The lowest BCUT2D eigenvalue weighted by Crippen LogP contribution is -2.24. The zero-order valence-electron chi connectivity index (χ0n) is 10.4. The molecule has 0 unspecified atom stereocenters. The Morgan fingerprint density at radius 2 is 1.62 bits per heavy atom. The highest BCUT2D eigenvalue weighted by Crippen LogP contribution is 2.23. The van der Waals surface area contributed by atoms with Gasteiger partial charge in [-0.05, 0) is 52.3 Å². The number of hydrogen-bond donors (Lipinski definition) is 1. The van der Waals surface area contributed by atoms with Crippen molar-refractivity contribution in [1.29, 1.82) is 0 Å². The van der Waals surface area contributed by atoms with Gasteiger partial charge in [0.1, 0.15) is 17.5 Å². The highest BCUT2D eigenvalue weighted by Gasteiger charge is 2.18. The van der Waals surface area contributed by atoms with Gasteiger partial charge in [-0.15, -0.1) is 0 Å². The Balaban J connectivity index is 2.24. The fourth-order valence-corrected chi connectivity index (χ4v) is 3.68. The van der Waals surface area contributed by atoms with Gasteiger partial charge in [0.2, 0.25) is 10.0 Å². The molecule has 112 valence electrons. The van der Waals surface area contributed by atoms with Crippen LogP contribution in [0.5, 0.6) is 0 Å². The minimum absolute atomic E-state index is 0.0368. The van der Waals surface area contributed by atoms with Gasteiger partial charge in [0.05, 0.1) is 4.90 Å². The lowest BCUT2D eigenvalue weighted by molar-refractivity contribution is 0.566. The first-order valence-corrected chi connectivity index (χ1v) is 7.96. The number of benzene rings is 2. The summed E-state index contributed by atoms with van der Waals surface area (Å²) in [6.45, 7) is -0.421. The van der Waals surface area contributed by atoms with Gasteiger partial charge >= 0.3 is 0 Å². The molecular formula is C13H9BrF3NO2S. The van der Waals surface area contributed by atoms with Crippen LogP contribution < -0.4 is 4.72 Å². The Bertz CT molecular complexity index is 781. The number of halogens is 4. The van der Waals surface area contributed by atoms with Crippen molar-refractivity contribution < 1.29 is 21.6 Å². The number of nitrogens with one attached hydrogen (secondary N) is 1. The molecule has 0 fully saturated rings. The van der Waals surface area contributed by atoms with E-state index in [1.165, 1.54) is 0 Å². The predicted molar refractivity (Wildman–Crippen MR) is 74.5 cm³/mol. The molecule has 1 N–H and O–H groups in total. The van der Waals surface area contributed by atoms with Gasteiger partial charge in [-0.3, -0.25) is 0 Å². The van der Waals surface area contributed by atoms with Gasteiger partial charge in [0.25, 0.3) is 0 Å². The van der Waals surface area contributed by atoms with Crippen LogP contribution in [0.1, 0.15) is 5.56 Å². The average molecular weight is 380 g/mol. The van der Waals surface area contributed by atoms with Crippen molar-refractivity contribution in [1.82, 2.24) is 4.72 Å². The van der Waals surface area contributed by atoms with E-state index in [0.717, 1.165) is 36.4 Å². The third-order valence-electron chi connectivity index (χ3n) is 2.64. The van der Waals surface area contributed by atoms with Crippen LogP contribution in [0, 0.1) is 17.5 Å². The summed E-state index contributed by atoms with van der Waals surface area (Å²) in [5.41, 5.74) is -0.128. The van der Waals surface area contributed by atoms with Crippen molar-refractivity contribution >= 4 is 26.0 Å². The van der Waals surface area contributed by atoms with Crippen LogP contribution >= 0.6 is 15.9 Å². The normalized spacial score (nSPS) is 11.6. The highest BCUT2D eigenvalue weighted by atomic mass is 79.9. The van der Waals surface area contributed by atoms with Crippen molar-refractivity contribution in [3.05, 3.63) is 63.9 Å². The highest BCUT2D eigenvalue weighted by molar-refractivity contribution is 9.10. The Kier molecular flexibility index (Phi) is 4.70. The molecule has 0 heterocycles. The molecule has 0 atom stereocenters. The monoisotopic (exact) mass is 379 g/mol. The van der Waals surface area contributed by atoms with Gasteiger partial charge in [-0.1, -0.05) is 0 Å². The molecule has 0 aliphatic rings. The summed E-state index contributed by atoms with van der Waals surface area (Å²) in [4.78, 5) is -0.194. The topological polar surface area (TPSA) is 46.2 Å². The average Bonchev–Trinajstić information content (AvgIpc) is 2.39. The van der Waals surface area contributed by atoms with Crippen molar-refractivity contribution in [2.75, 3.05) is 0 Å². The summed E-state index contributed by atoms with van der Waals surface area (Å²) in [6, 6.07) is 5.80. The maximum Gasteiger partial charge on any atom is 0.241 e. The molecule has 2 aromatic carbocycles. The summed E-state index contributed by atoms with van der Waals surface area (Å²) in [5.74, 6) is -2.00. The Hall–Kier alpha value is -1.38. The van der Waals surface area contributed by atoms with E-state index in [4.69, 9.17) is 0 Å². The van der Waals surface area contributed by atoms with Gasteiger partial charge < -0.3 is 0 Å². The van der Waals surface area contributed by atoms with Gasteiger partial charge in [-0.2, -0.15) is 0 Å². The van der Waals surface area contributed by atoms with E-state index in [9.17, 15) is 21.6 Å². The van der Waals surface area contributed by atoms with Crippen LogP contribution in [0.25, 0.3) is 0 Å². The molecule has 2 rings (SSSR count). The molecule has 8 heteroatoms. The second-order valence-electron chi connectivity index (χ2n) is 4.14. The molecule has 3 nitrogen and oxygen atoms in total. The summed E-state index contributed by atoms with van der Waals surface area (Å²) in [5, 5.41) is 0. The van der Waals surface area contributed by atoms with E-state index in [1.54, 1.807) is 0 Å². The summed E-state index contributed by atoms with van der Waals surface area (Å²) in [6.07, 6.45) is 0. The van der Waals surface area contributed by atoms with Crippen molar-refractivity contribution in [2.24, 2.45) is 0 Å². The lowest BCUT2D eigenvalue weighted by atomic mass is 10.2. The standard InChI is InChI=1S/C13H9BrF3NO2S/c14-11-6-10(16)2-4-13(11)21(19,20)18-7-8-5-9(15)1-3-12(8)17/h1-6,18H,7H2. The van der Waals surface area contributed by atoms with Crippen LogP contribution in [-0.2, 0) is 16.6 Å². The Morgan fingerprint density at radius 1 is 1.00 bits per heavy atom. The second-order valence-corrected chi connectivity index (χ2v) is 6.72. The van der Waals surface area contributed by atoms with Crippen LogP contribution in [0.3, 0.4) is 0 Å². The van der Waals surface area contributed by atoms with Crippen LogP contribution in [-0.4, -0.2) is 8.42 Å². The Morgan fingerprint density at radius 3 is 2.29 bits per heavy atom. The number of rotatable bonds is 4. The van der Waals surface area contributed by atoms with Crippen LogP contribution in [0.4, 0.5) is 13.2 Å². The summed E-state index contributed by atoms with van der Waals surface area (Å²) < 4.78 is 65.6. The molecule has 0 aliphatic heterocycles. The van der Waals surface area contributed by atoms with Gasteiger partial charge in [-0.25, -0.2) is 26.3 Å². The van der Waals surface area contributed by atoms with E-state index in [1.807, 2.05) is 0 Å². The molecule has 0 bridgehead atoms. The first-order chi connectivity index (χ1) is 9.79. The molecule has 0 saturated carbocycles. The Labute approximate surface area is 128 Å². The predicted octanol–water partition coefficient (Wildman–Crippen LogP) is 3.34. The molecule has 21 heavy (non-hydrogen) atoms. The molecule has 0 radical (unpaired) electrons. The minimum atomic E-state index is -3.99. The maximum atomic E-state index is 13.4. The molecule has 0 amide bonds. The van der Waals surface area contributed by atoms with E-state index < -0.39 is 34.0 Å². The molecule has 2 aromatic rings.